The molecule has 4 aromatic rings. The maximum atomic E-state index is 9.47. The number of fused-ring (bicyclic) bond motifs is 2. The van der Waals surface area contributed by atoms with E-state index in [-0.39, 0.29) is 12.1 Å². The highest BCUT2D eigenvalue weighted by molar-refractivity contribution is 5.90. The molecule has 32 heavy (non-hydrogen) atoms. The number of rotatable bonds is 6. The summed E-state index contributed by atoms with van der Waals surface area (Å²) >= 11 is 0. The number of pyridine rings is 1. The fourth-order valence-corrected chi connectivity index (χ4v) is 4.21. The summed E-state index contributed by atoms with van der Waals surface area (Å²) in [5.41, 5.74) is 7.34. The molecule has 2 aromatic carbocycles. The van der Waals surface area contributed by atoms with Crippen molar-refractivity contribution in [3.05, 3.63) is 78.2 Å². The van der Waals surface area contributed by atoms with E-state index in [2.05, 4.69) is 62.6 Å². The Labute approximate surface area is 188 Å². The Kier molecular flexibility index (Phi) is 5.33. The van der Waals surface area contributed by atoms with Gasteiger partial charge in [-0.3, -0.25) is 4.98 Å². The normalized spacial score (nSPS) is 13.5. The van der Waals surface area contributed by atoms with Gasteiger partial charge in [0.15, 0.2) is 5.82 Å². The molecule has 5 rings (SSSR count). The highest BCUT2D eigenvalue weighted by atomic mass is 16.3. The predicted molar refractivity (Wildman–Crippen MR) is 128 cm³/mol. The second-order valence-corrected chi connectivity index (χ2v) is 8.88. The van der Waals surface area contributed by atoms with E-state index in [1.54, 1.807) is 6.33 Å². The van der Waals surface area contributed by atoms with Crippen molar-refractivity contribution in [1.29, 1.82) is 0 Å². The molecule has 0 spiro atoms. The van der Waals surface area contributed by atoms with E-state index in [0.29, 0.717) is 6.54 Å². The first-order valence-corrected chi connectivity index (χ1v) is 11.0. The fourth-order valence-electron chi connectivity index (χ4n) is 4.21. The van der Waals surface area contributed by atoms with Crippen LogP contribution in [0.25, 0.3) is 22.2 Å². The number of aliphatic hydroxyl groups excluding tert-OH is 1. The molecule has 0 amide bonds. The highest BCUT2D eigenvalue weighted by Crippen LogP contribution is 2.40. The summed E-state index contributed by atoms with van der Waals surface area (Å²) in [5, 5.41) is 12.8. The minimum atomic E-state index is -0.346. The first-order chi connectivity index (χ1) is 15.6. The van der Waals surface area contributed by atoms with Crippen LogP contribution in [-0.4, -0.2) is 38.7 Å². The van der Waals surface area contributed by atoms with Gasteiger partial charge in [0.1, 0.15) is 11.8 Å². The van der Waals surface area contributed by atoms with Crippen LogP contribution in [0.15, 0.2) is 67.1 Å². The Morgan fingerprint density at radius 2 is 1.88 bits per heavy atom. The molecule has 0 radical (unpaired) electrons. The number of benzene rings is 2. The average Bonchev–Trinajstić information content (AvgIpc) is 3.27. The fraction of sp³-hybridized carbons (Fsp3) is 0.269. The highest BCUT2D eigenvalue weighted by Gasteiger charge is 2.26. The largest absolute Gasteiger partial charge is 0.394 e. The summed E-state index contributed by atoms with van der Waals surface area (Å²) in [6, 6.07) is 19.1. The van der Waals surface area contributed by atoms with Crippen LogP contribution in [0.2, 0.25) is 0 Å². The number of aromatic nitrogens is 3. The smallest absolute Gasteiger partial charge is 0.163 e. The van der Waals surface area contributed by atoms with Gasteiger partial charge in [0, 0.05) is 30.5 Å². The van der Waals surface area contributed by atoms with Gasteiger partial charge in [-0.2, -0.15) is 0 Å². The van der Waals surface area contributed by atoms with Crippen molar-refractivity contribution < 1.29 is 5.11 Å². The summed E-state index contributed by atoms with van der Waals surface area (Å²) in [5.74, 6) is 0.842. The quantitative estimate of drug-likeness (QED) is 0.481. The number of aliphatic hydroxyl groups is 1. The number of nitrogens with zero attached hydrogens (tertiary/aromatic N) is 4. The summed E-state index contributed by atoms with van der Waals surface area (Å²) in [4.78, 5) is 16.1. The van der Waals surface area contributed by atoms with E-state index in [9.17, 15) is 5.11 Å². The van der Waals surface area contributed by atoms with Gasteiger partial charge in [0.2, 0.25) is 0 Å². The van der Waals surface area contributed by atoms with Crippen molar-refractivity contribution in [3.8, 4) is 11.1 Å². The zero-order valence-electron chi connectivity index (χ0n) is 18.4. The van der Waals surface area contributed by atoms with E-state index in [1.165, 1.54) is 22.4 Å². The predicted octanol–water partition coefficient (Wildman–Crippen LogP) is 4.25. The lowest BCUT2D eigenvalue weighted by molar-refractivity contribution is 0.187. The van der Waals surface area contributed by atoms with Gasteiger partial charge in [-0.25, -0.2) is 9.97 Å². The molecule has 0 saturated carbocycles. The Morgan fingerprint density at radius 3 is 2.69 bits per heavy atom. The van der Waals surface area contributed by atoms with Gasteiger partial charge >= 0.3 is 0 Å². The van der Waals surface area contributed by atoms with Gasteiger partial charge in [0.05, 0.1) is 12.1 Å². The monoisotopic (exact) mass is 425 g/mol. The molecular weight excluding hydrogens is 398 g/mol. The second kappa shape index (κ2) is 8.30. The zero-order chi connectivity index (χ0) is 22.1. The van der Waals surface area contributed by atoms with Crippen LogP contribution in [0.1, 0.15) is 25.0 Å². The lowest BCUT2D eigenvalue weighted by Crippen LogP contribution is -2.42. The summed E-state index contributed by atoms with van der Waals surface area (Å²) in [6.07, 6.45) is 4.45. The maximum Gasteiger partial charge on any atom is 0.163 e. The number of hydrogen-bond acceptors (Lipinski definition) is 6. The molecule has 0 fully saturated rings. The van der Waals surface area contributed by atoms with Gasteiger partial charge in [0.25, 0.3) is 0 Å². The van der Waals surface area contributed by atoms with E-state index >= 15 is 0 Å². The maximum absolute atomic E-state index is 9.47. The van der Waals surface area contributed by atoms with Gasteiger partial charge in [-0.1, -0.05) is 42.5 Å². The minimum absolute atomic E-state index is 0.0691. The molecule has 3 heterocycles. The van der Waals surface area contributed by atoms with E-state index in [4.69, 9.17) is 4.98 Å². The topological polar surface area (TPSA) is 74.2 Å². The first kappa shape index (κ1) is 20.5. The lowest BCUT2D eigenvalue weighted by Gasteiger charge is -2.23. The molecule has 1 aliphatic rings. The molecule has 2 N–H and O–H groups in total. The Balaban J connectivity index is 1.49. The van der Waals surface area contributed by atoms with Crippen molar-refractivity contribution in [2.24, 2.45) is 0 Å². The van der Waals surface area contributed by atoms with Crippen molar-refractivity contribution in [1.82, 2.24) is 20.3 Å². The van der Waals surface area contributed by atoms with Crippen LogP contribution in [-0.2, 0) is 13.0 Å². The van der Waals surface area contributed by atoms with E-state index in [1.807, 2.05) is 32.2 Å². The first-order valence-electron chi connectivity index (χ1n) is 11.0. The molecule has 0 unspecified atom stereocenters. The summed E-state index contributed by atoms with van der Waals surface area (Å²) < 4.78 is 0. The molecule has 0 atom stereocenters. The van der Waals surface area contributed by atoms with Gasteiger partial charge in [-0.05, 0) is 54.7 Å². The molecule has 6 nitrogen and oxygen atoms in total. The number of nitrogens with one attached hydrogen (secondary N) is 1. The number of hydrogen-bond donors (Lipinski definition) is 2. The third kappa shape index (κ3) is 3.83. The molecule has 2 aromatic heterocycles. The van der Waals surface area contributed by atoms with E-state index in [0.717, 1.165) is 35.4 Å². The van der Waals surface area contributed by atoms with Crippen molar-refractivity contribution in [3.63, 3.8) is 0 Å². The average molecular weight is 426 g/mol. The molecule has 0 bridgehead atoms. The third-order valence-electron chi connectivity index (χ3n) is 6.05. The minimum Gasteiger partial charge on any atom is -0.394 e. The third-order valence-corrected chi connectivity index (χ3v) is 6.05. The van der Waals surface area contributed by atoms with Crippen LogP contribution in [0.5, 0.6) is 0 Å². The Morgan fingerprint density at radius 1 is 1.03 bits per heavy atom. The van der Waals surface area contributed by atoms with Gasteiger partial charge < -0.3 is 15.3 Å². The molecule has 0 saturated heterocycles. The van der Waals surface area contributed by atoms with Crippen molar-refractivity contribution in [2.75, 3.05) is 18.1 Å². The zero-order valence-corrected chi connectivity index (χ0v) is 18.4. The van der Waals surface area contributed by atoms with Crippen LogP contribution in [0.3, 0.4) is 0 Å². The van der Waals surface area contributed by atoms with Crippen LogP contribution < -0.4 is 10.2 Å². The molecule has 6 heteroatoms. The van der Waals surface area contributed by atoms with Crippen LogP contribution in [0, 0.1) is 0 Å². The summed E-state index contributed by atoms with van der Waals surface area (Å²) in [7, 11) is 0. The molecule has 162 valence electrons. The Hall–Kier alpha value is -3.35. The number of anilines is 2. The van der Waals surface area contributed by atoms with Gasteiger partial charge in [-0.15, -0.1) is 0 Å². The molecule has 0 aliphatic carbocycles. The van der Waals surface area contributed by atoms with Crippen LogP contribution in [0.4, 0.5) is 11.5 Å². The second-order valence-electron chi connectivity index (χ2n) is 8.88. The SMILES string of the molecule is CC(C)(CO)NCc1cnc2c(N3CCc4c(-c5ccccc5)cccc43)ncnc2c1. The summed E-state index contributed by atoms with van der Waals surface area (Å²) in [6.45, 7) is 5.48. The lowest BCUT2D eigenvalue weighted by atomic mass is 9.98. The Bertz CT molecular complexity index is 1260. The molecular formula is C26H27N5O. The van der Waals surface area contributed by atoms with Crippen LogP contribution >= 0.6 is 0 Å². The standard InChI is InChI=1S/C26H27N5O/c1-26(2,16-32)30-15-18-13-22-24(27-14-18)25(29-17-28-22)31-12-11-21-20(9-6-10-23(21)31)19-7-4-3-5-8-19/h3-10,13-14,17,30,32H,11-12,15-16H2,1-2H3. The van der Waals surface area contributed by atoms with Crippen molar-refractivity contribution >= 4 is 22.5 Å². The van der Waals surface area contributed by atoms with Crippen molar-refractivity contribution in [2.45, 2.75) is 32.4 Å². The van der Waals surface area contributed by atoms with E-state index < -0.39 is 0 Å². The molecule has 1 aliphatic heterocycles.